The zero-order valence-corrected chi connectivity index (χ0v) is 15.8. The fourth-order valence-corrected chi connectivity index (χ4v) is 2.82. The lowest BCUT2D eigenvalue weighted by atomic mass is 10.1. The molecule has 0 radical (unpaired) electrons. The highest BCUT2D eigenvalue weighted by Gasteiger charge is 2.15. The van der Waals surface area contributed by atoms with Gasteiger partial charge in [-0.2, -0.15) is 0 Å². The molecular weight excluding hydrogens is 350 g/mol. The molecule has 138 valence electrons. The highest BCUT2D eigenvalue weighted by Crippen LogP contribution is 2.17. The van der Waals surface area contributed by atoms with E-state index in [0.29, 0.717) is 22.0 Å². The minimum atomic E-state index is -0.393. The molecule has 2 N–H and O–H groups in total. The van der Waals surface area contributed by atoms with Crippen LogP contribution in [0.1, 0.15) is 37.0 Å². The lowest BCUT2D eigenvalue weighted by molar-refractivity contribution is 0.0755. The van der Waals surface area contributed by atoms with Crippen LogP contribution in [-0.4, -0.2) is 29.9 Å². The fraction of sp³-hybridized carbons (Fsp3) is 0.300. The van der Waals surface area contributed by atoms with E-state index in [1.54, 1.807) is 48.5 Å². The van der Waals surface area contributed by atoms with Crippen LogP contribution in [0, 0.1) is 0 Å². The molecule has 0 aliphatic heterocycles. The van der Waals surface area contributed by atoms with Crippen LogP contribution < -0.4 is 10.6 Å². The van der Waals surface area contributed by atoms with Crippen LogP contribution in [-0.2, 0) is 0 Å². The Labute approximate surface area is 159 Å². The van der Waals surface area contributed by atoms with E-state index in [0.717, 1.165) is 25.9 Å². The third kappa shape index (κ3) is 5.77. The summed E-state index contributed by atoms with van der Waals surface area (Å²) in [5.74, 6) is -0.0207. The first-order valence-electron chi connectivity index (χ1n) is 8.76. The average Bonchev–Trinajstić information content (AvgIpc) is 2.61. The van der Waals surface area contributed by atoms with Crippen LogP contribution >= 0.6 is 11.6 Å². The molecule has 5 nitrogen and oxygen atoms in total. The van der Waals surface area contributed by atoms with Crippen LogP contribution in [0.4, 0.5) is 16.2 Å². The molecule has 0 aromatic heterocycles. The van der Waals surface area contributed by atoms with E-state index in [1.165, 1.54) is 0 Å². The molecule has 0 heterocycles. The van der Waals surface area contributed by atoms with Crippen LogP contribution in [0.3, 0.4) is 0 Å². The smallest absolute Gasteiger partial charge is 0.323 e. The molecule has 6 heteroatoms. The Hall–Kier alpha value is -2.53. The molecule has 0 saturated carbocycles. The summed E-state index contributed by atoms with van der Waals surface area (Å²) >= 11 is 5.91. The number of urea groups is 1. The Morgan fingerprint density at radius 2 is 1.50 bits per heavy atom. The van der Waals surface area contributed by atoms with Crippen molar-refractivity contribution in [2.75, 3.05) is 23.7 Å². The topological polar surface area (TPSA) is 61.4 Å². The first-order valence-corrected chi connectivity index (χ1v) is 9.14. The third-order valence-electron chi connectivity index (χ3n) is 3.72. The molecule has 0 aliphatic carbocycles. The molecule has 0 unspecified atom stereocenters. The maximum absolute atomic E-state index is 12.7. The molecule has 0 saturated heterocycles. The van der Waals surface area contributed by atoms with Gasteiger partial charge in [0.1, 0.15) is 0 Å². The SMILES string of the molecule is CCCN(CCC)C(=O)c1cccc(NC(=O)Nc2cccc(Cl)c2)c1. The first kappa shape index (κ1) is 19.8. The molecular formula is C20H24ClN3O2. The van der Waals surface area contributed by atoms with Gasteiger partial charge < -0.3 is 15.5 Å². The van der Waals surface area contributed by atoms with Gasteiger partial charge in [-0.15, -0.1) is 0 Å². The minimum Gasteiger partial charge on any atom is -0.339 e. The number of benzene rings is 2. The van der Waals surface area contributed by atoms with Crippen molar-refractivity contribution in [2.45, 2.75) is 26.7 Å². The summed E-state index contributed by atoms with van der Waals surface area (Å²) in [6.07, 6.45) is 1.82. The normalized spacial score (nSPS) is 10.3. The summed E-state index contributed by atoms with van der Waals surface area (Å²) in [5.41, 5.74) is 1.72. The van der Waals surface area contributed by atoms with E-state index in [9.17, 15) is 9.59 Å². The molecule has 2 rings (SSSR count). The standard InChI is InChI=1S/C20H24ClN3O2/c1-3-11-24(12-4-2)19(25)15-7-5-9-17(13-15)22-20(26)23-18-10-6-8-16(21)14-18/h5-10,13-14H,3-4,11-12H2,1-2H3,(H2,22,23,26). The highest BCUT2D eigenvalue weighted by molar-refractivity contribution is 6.30. The van der Waals surface area contributed by atoms with Crippen LogP contribution in [0.5, 0.6) is 0 Å². The van der Waals surface area contributed by atoms with Crippen molar-refractivity contribution in [1.82, 2.24) is 4.90 Å². The lowest BCUT2D eigenvalue weighted by Gasteiger charge is -2.21. The predicted octanol–water partition coefficient (Wildman–Crippen LogP) is 5.25. The first-order chi connectivity index (χ1) is 12.5. The number of nitrogens with zero attached hydrogens (tertiary/aromatic N) is 1. The minimum absolute atomic E-state index is 0.0207. The number of hydrogen-bond donors (Lipinski definition) is 2. The highest BCUT2D eigenvalue weighted by atomic mass is 35.5. The van der Waals surface area contributed by atoms with Crippen molar-refractivity contribution in [3.8, 4) is 0 Å². The Morgan fingerprint density at radius 3 is 2.08 bits per heavy atom. The number of nitrogens with one attached hydrogen (secondary N) is 2. The van der Waals surface area contributed by atoms with E-state index in [1.807, 2.05) is 18.7 Å². The monoisotopic (exact) mass is 373 g/mol. The molecule has 0 atom stereocenters. The van der Waals surface area contributed by atoms with Crippen LogP contribution in [0.15, 0.2) is 48.5 Å². The van der Waals surface area contributed by atoms with Gasteiger partial charge in [-0.25, -0.2) is 4.79 Å². The van der Waals surface area contributed by atoms with Crippen molar-refractivity contribution in [2.24, 2.45) is 0 Å². The summed E-state index contributed by atoms with van der Waals surface area (Å²) in [6, 6.07) is 13.5. The molecule has 2 aromatic carbocycles. The summed E-state index contributed by atoms with van der Waals surface area (Å²) in [4.78, 5) is 26.7. The predicted molar refractivity (Wildman–Crippen MR) is 107 cm³/mol. The molecule has 0 bridgehead atoms. The Kier molecular flexibility index (Phi) is 7.48. The van der Waals surface area contributed by atoms with Gasteiger partial charge in [-0.3, -0.25) is 4.79 Å². The van der Waals surface area contributed by atoms with Gasteiger partial charge in [-0.05, 0) is 49.2 Å². The second kappa shape index (κ2) is 9.82. The maximum atomic E-state index is 12.7. The van der Waals surface area contributed by atoms with Crippen LogP contribution in [0.2, 0.25) is 5.02 Å². The van der Waals surface area contributed by atoms with Gasteiger partial charge >= 0.3 is 6.03 Å². The Balaban J connectivity index is 2.05. The number of carbonyl (C=O) groups is 2. The molecule has 0 fully saturated rings. The molecule has 26 heavy (non-hydrogen) atoms. The van der Waals surface area contributed by atoms with Gasteiger partial charge in [0.05, 0.1) is 0 Å². The quantitative estimate of drug-likeness (QED) is 0.696. The summed E-state index contributed by atoms with van der Waals surface area (Å²) < 4.78 is 0. The van der Waals surface area contributed by atoms with E-state index in [4.69, 9.17) is 11.6 Å². The summed E-state index contributed by atoms with van der Waals surface area (Å²) in [6.45, 7) is 5.54. The number of rotatable bonds is 7. The molecule has 2 aromatic rings. The van der Waals surface area contributed by atoms with Crippen LogP contribution in [0.25, 0.3) is 0 Å². The van der Waals surface area contributed by atoms with Gasteiger partial charge in [0.15, 0.2) is 0 Å². The fourth-order valence-electron chi connectivity index (χ4n) is 2.63. The lowest BCUT2D eigenvalue weighted by Crippen LogP contribution is -2.32. The Morgan fingerprint density at radius 1 is 0.923 bits per heavy atom. The van der Waals surface area contributed by atoms with Crippen molar-refractivity contribution in [3.05, 3.63) is 59.1 Å². The van der Waals surface area contributed by atoms with E-state index in [-0.39, 0.29) is 5.91 Å². The number of hydrogen-bond acceptors (Lipinski definition) is 2. The number of anilines is 2. The van der Waals surface area contributed by atoms with Gasteiger partial charge in [0.25, 0.3) is 5.91 Å². The second-order valence-electron chi connectivity index (χ2n) is 5.96. The Bertz CT molecular complexity index is 758. The molecule has 3 amide bonds. The zero-order chi connectivity index (χ0) is 18.9. The maximum Gasteiger partial charge on any atom is 0.323 e. The third-order valence-corrected chi connectivity index (χ3v) is 3.96. The molecule has 0 spiro atoms. The number of carbonyl (C=O) groups excluding carboxylic acids is 2. The van der Waals surface area contributed by atoms with Gasteiger partial charge in [0.2, 0.25) is 0 Å². The average molecular weight is 374 g/mol. The van der Waals surface area contributed by atoms with E-state index in [2.05, 4.69) is 10.6 Å². The summed E-state index contributed by atoms with van der Waals surface area (Å²) in [5, 5.41) is 6.00. The second-order valence-corrected chi connectivity index (χ2v) is 6.40. The largest absolute Gasteiger partial charge is 0.339 e. The van der Waals surface area contributed by atoms with Gasteiger partial charge in [0, 0.05) is 35.1 Å². The van der Waals surface area contributed by atoms with Crippen molar-refractivity contribution in [1.29, 1.82) is 0 Å². The molecule has 0 aliphatic rings. The van der Waals surface area contributed by atoms with Crippen molar-refractivity contribution in [3.63, 3.8) is 0 Å². The van der Waals surface area contributed by atoms with E-state index < -0.39 is 6.03 Å². The van der Waals surface area contributed by atoms with Crippen molar-refractivity contribution >= 4 is 34.9 Å². The zero-order valence-electron chi connectivity index (χ0n) is 15.1. The summed E-state index contributed by atoms with van der Waals surface area (Å²) in [7, 11) is 0. The van der Waals surface area contributed by atoms with E-state index >= 15 is 0 Å². The van der Waals surface area contributed by atoms with Gasteiger partial charge in [-0.1, -0.05) is 37.6 Å². The number of halogens is 1. The van der Waals surface area contributed by atoms with Crippen molar-refractivity contribution < 1.29 is 9.59 Å². The number of amides is 3.